The average Bonchev–Trinajstić information content (AvgIpc) is 2.84. The van der Waals surface area contributed by atoms with E-state index in [4.69, 9.17) is 0 Å². The van der Waals surface area contributed by atoms with E-state index in [0.29, 0.717) is 6.54 Å². The van der Waals surface area contributed by atoms with Gasteiger partial charge in [0.05, 0.1) is 0 Å². The number of nitrogens with one attached hydrogen (secondary N) is 2. The van der Waals surface area contributed by atoms with E-state index in [2.05, 4.69) is 26.8 Å². The molecule has 2 rings (SSSR count). The number of likely N-dealkylation sites (N-methyl/N-ethyl adjacent to an activating group) is 1. The Bertz CT molecular complexity index is 545. The van der Waals surface area contributed by atoms with Crippen molar-refractivity contribution in [2.45, 2.75) is 37.4 Å². The van der Waals surface area contributed by atoms with Crippen LogP contribution in [0.4, 0.5) is 0 Å². The van der Waals surface area contributed by atoms with Gasteiger partial charge in [-0.2, -0.15) is 0 Å². The summed E-state index contributed by atoms with van der Waals surface area (Å²) in [6, 6.07) is 3.36. The van der Waals surface area contributed by atoms with Gasteiger partial charge < -0.3 is 10.2 Å². The van der Waals surface area contributed by atoms with Gasteiger partial charge in [-0.1, -0.05) is 13.0 Å². The maximum atomic E-state index is 12.3. The molecule has 1 unspecified atom stereocenters. The van der Waals surface area contributed by atoms with Crippen molar-refractivity contribution in [3.8, 4) is 0 Å². The van der Waals surface area contributed by atoms with Crippen molar-refractivity contribution in [2.24, 2.45) is 0 Å². The fraction of sp³-hybridized carbons (Fsp3) is 0.643. The van der Waals surface area contributed by atoms with Gasteiger partial charge in [0.1, 0.15) is 0 Å². The molecular weight excluding hydrogens is 288 g/mol. The molecule has 21 heavy (non-hydrogen) atoms. The molecule has 1 atom stereocenters. The second-order valence-electron chi connectivity index (χ2n) is 5.55. The molecule has 1 aromatic rings. The van der Waals surface area contributed by atoms with Crippen molar-refractivity contribution in [1.82, 2.24) is 19.9 Å². The third kappa shape index (κ3) is 4.74. The standard InChI is InChI=1S/C14H24N4O2S/c1-3-7-15-9-12-4-5-14(16-10-12)21(19,20)17-13-6-8-18(2)11-13/h4-5,10,13,15,17H,3,6-9,11H2,1-2H3. The largest absolute Gasteiger partial charge is 0.313 e. The van der Waals surface area contributed by atoms with E-state index in [1.807, 2.05) is 13.1 Å². The van der Waals surface area contributed by atoms with Crippen molar-refractivity contribution in [3.63, 3.8) is 0 Å². The quantitative estimate of drug-likeness (QED) is 0.720. The van der Waals surface area contributed by atoms with Gasteiger partial charge in [0, 0.05) is 25.3 Å². The summed E-state index contributed by atoms with van der Waals surface area (Å²) in [4.78, 5) is 6.20. The SMILES string of the molecule is CCCNCc1ccc(S(=O)(=O)NC2CCN(C)C2)nc1. The van der Waals surface area contributed by atoms with Gasteiger partial charge in [-0.15, -0.1) is 0 Å². The monoisotopic (exact) mass is 312 g/mol. The Balaban J connectivity index is 1.96. The number of pyridine rings is 1. The maximum Gasteiger partial charge on any atom is 0.258 e. The van der Waals surface area contributed by atoms with Crippen molar-refractivity contribution < 1.29 is 8.42 Å². The van der Waals surface area contributed by atoms with E-state index in [-0.39, 0.29) is 11.1 Å². The lowest BCUT2D eigenvalue weighted by atomic mass is 10.3. The molecule has 0 amide bonds. The van der Waals surface area contributed by atoms with E-state index in [0.717, 1.165) is 38.0 Å². The summed E-state index contributed by atoms with van der Waals surface area (Å²) in [5.41, 5.74) is 0.989. The molecule has 0 bridgehead atoms. The van der Waals surface area contributed by atoms with Crippen LogP contribution in [0, 0.1) is 0 Å². The number of aromatic nitrogens is 1. The Morgan fingerprint density at radius 3 is 2.81 bits per heavy atom. The first-order valence-corrected chi connectivity index (χ1v) is 8.86. The molecule has 0 spiro atoms. The van der Waals surface area contributed by atoms with E-state index in [1.54, 1.807) is 12.3 Å². The van der Waals surface area contributed by atoms with Crippen LogP contribution in [0.1, 0.15) is 25.3 Å². The Morgan fingerprint density at radius 2 is 2.24 bits per heavy atom. The molecule has 2 N–H and O–H groups in total. The molecule has 6 nitrogen and oxygen atoms in total. The van der Waals surface area contributed by atoms with Crippen LogP contribution < -0.4 is 10.0 Å². The summed E-state index contributed by atoms with van der Waals surface area (Å²) in [5.74, 6) is 0. The number of nitrogens with zero attached hydrogens (tertiary/aromatic N) is 2. The molecule has 1 fully saturated rings. The summed E-state index contributed by atoms with van der Waals surface area (Å²) in [6.07, 6.45) is 3.53. The number of sulfonamides is 1. The lowest BCUT2D eigenvalue weighted by Crippen LogP contribution is -2.36. The summed E-state index contributed by atoms with van der Waals surface area (Å²) in [7, 11) is -1.53. The summed E-state index contributed by atoms with van der Waals surface area (Å²) < 4.78 is 27.2. The van der Waals surface area contributed by atoms with Gasteiger partial charge >= 0.3 is 0 Å². The third-order valence-corrected chi connectivity index (χ3v) is 4.98. The molecule has 1 aromatic heterocycles. The molecule has 2 heterocycles. The van der Waals surface area contributed by atoms with Crippen LogP contribution in [0.5, 0.6) is 0 Å². The van der Waals surface area contributed by atoms with Crippen LogP contribution in [0.2, 0.25) is 0 Å². The van der Waals surface area contributed by atoms with Crippen molar-refractivity contribution in [3.05, 3.63) is 23.9 Å². The molecular formula is C14H24N4O2S. The first-order valence-electron chi connectivity index (χ1n) is 7.38. The fourth-order valence-corrected chi connectivity index (χ4v) is 3.59. The second kappa shape index (κ2) is 7.31. The first-order chi connectivity index (χ1) is 10.0. The minimum absolute atomic E-state index is 0.0207. The molecule has 0 saturated carbocycles. The zero-order valence-electron chi connectivity index (χ0n) is 12.7. The molecule has 118 valence electrons. The number of hydrogen-bond acceptors (Lipinski definition) is 5. The lowest BCUT2D eigenvalue weighted by Gasteiger charge is -2.13. The summed E-state index contributed by atoms with van der Waals surface area (Å²) in [5, 5.41) is 3.36. The topological polar surface area (TPSA) is 74.3 Å². The molecule has 7 heteroatoms. The van der Waals surface area contributed by atoms with Gasteiger partial charge in [-0.3, -0.25) is 0 Å². The van der Waals surface area contributed by atoms with Crippen LogP contribution in [-0.4, -0.2) is 51.0 Å². The average molecular weight is 312 g/mol. The fourth-order valence-electron chi connectivity index (χ4n) is 2.39. The second-order valence-corrected chi connectivity index (χ2v) is 7.21. The highest BCUT2D eigenvalue weighted by Crippen LogP contribution is 2.12. The molecule has 0 aromatic carbocycles. The van der Waals surface area contributed by atoms with Gasteiger partial charge in [-0.05, 0) is 44.6 Å². The normalized spacial score (nSPS) is 20.0. The molecule has 0 aliphatic carbocycles. The minimum atomic E-state index is -3.52. The van der Waals surface area contributed by atoms with Crippen LogP contribution in [0.15, 0.2) is 23.4 Å². The van der Waals surface area contributed by atoms with E-state index in [1.165, 1.54) is 0 Å². The Kier molecular flexibility index (Phi) is 5.69. The van der Waals surface area contributed by atoms with Crippen molar-refractivity contribution in [2.75, 3.05) is 26.7 Å². The van der Waals surface area contributed by atoms with E-state index in [9.17, 15) is 8.42 Å². The highest BCUT2D eigenvalue weighted by molar-refractivity contribution is 7.89. The van der Waals surface area contributed by atoms with Crippen LogP contribution in [0.3, 0.4) is 0 Å². The van der Waals surface area contributed by atoms with Gasteiger partial charge in [0.2, 0.25) is 0 Å². The predicted octanol–water partition coefficient (Wildman–Crippen LogP) is 0.564. The zero-order chi connectivity index (χ0) is 15.3. The Hall–Kier alpha value is -1.02. The molecule has 1 aliphatic heterocycles. The smallest absolute Gasteiger partial charge is 0.258 e. The third-order valence-electron chi connectivity index (χ3n) is 3.54. The summed E-state index contributed by atoms with van der Waals surface area (Å²) in [6.45, 7) is 5.42. The molecule has 1 saturated heterocycles. The zero-order valence-corrected chi connectivity index (χ0v) is 13.5. The van der Waals surface area contributed by atoms with Gasteiger partial charge in [-0.25, -0.2) is 18.1 Å². The molecule has 0 radical (unpaired) electrons. The van der Waals surface area contributed by atoms with Crippen LogP contribution >= 0.6 is 0 Å². The van der Waals surface area contributed by atoms with Gasteiger partial charge in [0.25, 0.3) is 10.0 Å². The Morgan fingerprint density at radius 1 is 1.43 bits per heavy atom. The van der Waals surface area contributed by atoms with Crippen LogP contribution in [0.25, 0.3) is 0 Å². The van der Waals surface area contributed by atoms with Crippen LogP contribution in [-0.2, 0) is 16.6 Å². The number of hydrogen-bond donors (Lipinski definition) is 2. The van der Waals surface area contributed by atoms with E-state index >= 15 is 0 Å². The first kappa shape index (κ1) is 16.4. The predicted molar refractivity (Wildman–Crippen MR) is 82.5 cm³/mol. The van der Waals surface area contributed by atoms with E-state index < -0.39 is 10.0 Å². The highest BCUT2D eigenvalue weighted by Gasteiger charge is 2.26. The van der Waals surface area contributed by atoms with Gasteiger partial charge in [0.15, 0.2) is 5.03 Å². The number of likely N-dealkylation sites (tertiary alicyclic amines) is 1. The highest BCUT2D eigenvalue weighted by atomic mass is 32.2. The maximum absolute atomic E-state index is 12.3. The molecule has 1 aliphatic rings. The Labute approximate surface area is 127 Å². The van der Waals surface area contributed by atoms with Crippen molar-refractivity contribution in [1.29, 1.82) is 0 Å². The lowest BCUT2D eigenvalue weighted by molar-refractivity contribution is 0.407. The minimum Gasteiger partial charge on any atom is -0.313 e. The van der Waals surface area contributed by atoms with Crippen molar-refractivity contribution >= 4 is 10.0 Å². The summed E-state index contributed by atoms with van der Waals surface area (Å²) >= 11 is 0. The number of rotatable bonds is 7.